The van der Waals surface area contributed by atoms with Gasteiger partial charge in [-0.25, -0.2) is 4.79 Å². The van der Waals surface area contributed by atoms with Crippen LogP contribution in [0.1, 0.15) is 22.2 Å². The Hall–Kier alpha value is -3.20. The third-order valence-electron chi connectivity index (χ3n) is 3.31. The van der Waals surface area contributed by atoms with Crippen molar-refractivity contribution in [3.05, 3.63) is 64.8 Å². The molecule has 25 heavy (non-hydrogen) atoms. The molecule has 126 valence electrons. The molecule has 0 bridgehead atoms. The van der Waals surface area contributed by atoms with E-state index in [4.69, 9.17) is 13.7 Å². The van der Waals surface area contributed by atoms with Gasteiger partial charge < -0.3 is 13.7 Å². The van der Waals surface area contributed by atoms with E-state index in [0.29, 0.717) is 18.1 Å². The first-order valence-electron chi connectivity index (χ1n) is 7.36. The molecule has 0 atom stereocenters. The predicted octanol–water partition coefficient (Wildman–Crippen LogP) is 2.99. The van der Waals surface area contributed by atoms with Crippen molar-refractivity contribution in [2.75, 3.05) is 0 Å². The molecular weight excluding hydrogens is 344 g/mol. The van der Waals surface area contributed by atoms with Crippen molar-refractivity contribution in [3.8, 4) is 11.4 Å². The zero-order valence-corrected chi connectivity index (χ0v) is 13.7. The van der Waals surface area contributed by atoms with Gasteiger partial charge in [-0.15, -0.1) is 0 Å². The van der Waals surface area contributed by atoms with Gasteiger partial charge >= 0.3 is 5.97 Å². The minimum absolute atomic E-state index is 0.111. The first-order chi connectivity index (χ1) is 12.3. The number of aromatic nitrogens is 4. The van der Waals surface area contributed by atoms with Crippen LogP contribution in [0.3, 0.4) is 0 Å². The van der Waals surface area contributed by atoms with Crippen LogP contribution in [0.5, 0.6) is 0 Å². The van der Waals surface area contributed by atoms with Crippen molar-refractivity contribution >= 4 is 17.3 Å². The average molecular weight is 356 g/mol. The highest BCUT2D eigenvalue weighted by atomic mass is 32.1. The molecule has 0 unspecified atom stereocenters. The smallest absolute Gasteiger partial charge is 0.374 e. The van der Waals surface area contributed by atoms with Gasteiger partial charge in [-0.05, 0) is 29.6 Å². The Morgan fingerprint density at radius 2 is 2.28 bits per heavy atom. The molecule has 4 rings (SSSR count). The van der Waals surface area contributed by atoms with Crippen LogP contribution >= 0.6 is 11.3 Å². The molecule has 0 saturated heterocycles. The lowest BCUT2D eigenvalue weighted by molar-refractivity contribution is 0.0391. The normalized spacial score (nSPS) is 10.9. The van der Waals surface area contributed by atoms with Crippen molar-refractivity contribution in [1.29, 1.82) is 0 Å². The monoisotopic (exact) mass is 356 g/mol. The Labute approximate surface area is 145 Å². The van der Waals surface area contributed by atoms with Gasteiger partial charge in [0.2, 0.25) is 11.6 Å². The van der Waals surface area contributed by atoms with E-state index in [0.717, 1.165) is 5.56 Å². The topological polar surface area (TPSA) is 96.2 Å². The molecule has 0 aliphatic rings. The Balaban J connectivity index is 1.35. The summed E-state index contributed by atoms with van der Waals surface area (Å²) in [6, 6.07) is 6.97. The molecule has 4 heterocycles. The molecule has 8 nitrogen and oxygen atoms in total. The van der Waals surface area contributed by atoms with Crippen LogP contribution in [0.4, 0.5) is 0 Å². The molecule has 0 aromatic carbocycles. The second-order valence-corrected chi connectivity index (χ2v) is 5.85. The lowest BCUT2D eigenvalue weighted by Gasteiger charge is -1.99. The minimum Gasteiger partial charge on any atom is -0.452 e. The van der Waals surface area contributed by atoms with Crippen LogP contribution in [0.2, 0.25) is 0 Å². The first-order valence-corrected chi connectivity index (χ1v) is 8.30. The van der Waals surface area contributed by atoms with Crippen LogP contribution in [0.25, 0.3) is 11.4 Å². The van der Waals surface area contributed by atoms with Crippen LogP contribution < -0.4 is 0 Å². The van der Waals surface area contributed by atoms with Crippen molar-refractivity contribution < 1.29 is 18.5 Å². The summed E-state index contributed by atoms with van der Waals surface area (Å²) in [5.41, 5.74) is 0.862. The SMILES string of the molecule is O=C(OCc1nc(-c2ccsc2)no1)c1ccc(Cn2cccn2)o1. The average Bonchev–Trinajstić information content (AvgIpc) is 3.39. The van der Waals surface area contributed by atoms with Crippen molar-refractivity contribution in [1.82, 2.24) is 19.9 Å². The second kappa shape index (κ2) is 6.73. The summed E-state index contributed by atoms with van der Waals surface area (Å²) in [5.74, 6) is 0.805. The van der Waals surface area contributed by atoms with Gasteiger partial charge in [-0.1, -0.05) is 5.16 Å². The molecule has 9 heteroatoms. The molecule has 0 N–H and O–H groups in total. The number of ether oxygens (including phenoxy) is 1. The number of nitrogens with zero attached hydrogens (tertiary/aromatic N) is 4. The van der Waals surface area contributed by atoms with Crippen molar-refractivity contribution in [2.24, 2.45) is 0 Å². The summed E-state index contributed by atoms with van der Waals surface area (Å²) in [6.07, 6.45) is 3.48. The lowest BCUT2D eigenvalue weighted by atomic mass is 10.3. The molecule has 0 aliphatic carbocycles. The van der Waals surface area contributed by atoms with E-state index in [2.05, 4.69) is 15.2 Å². The first kappa shape index (κ1) is 15.3. The largest absolute Gasteiger partial charge is 0.452 e. The fraction of sp³-hybridized carbons (Fsp3) is 0.125. The van der Waals surface area contributed by atoms with E-state index in [1.165, 1.54) is 11.3 Å². The third kappa shape index (κ3) is 3.50. The Morgan fingerprint density at radius 3 is 3.08 bits per heavy atom. The van der Waals surface area contributed by atoms with E-state index < -0.39 is 5.97 Å². The third-order valence-corrected chi connectivity index (χ3v) is 4.00. The summed E-state index contributed by atoms with van der Waals surface area (Å²) in [6.45, 7) is 0.319. The number of furan rings is 1. The summed E-state index contributed by atoms with van der Waals surface area (Å²) < 4.78 is 17.4. The van der Waals surface area contributed by atoms with Gasteiger partial charge in [0.25, 0.3) is 5.89 Å². The van der Waals surface area contributed by atoms with E-state index >= 15 is 0 Å². The van der Waals surface area contributed by atoms with Crippen LogP contribution in [0.15, 0.2) is 56.4 Å². The summed E-state index contributed by atoms with van der Waals surface area (Å²) in [7, 11) is 0. The number of esters is 1. The molecular formula is C16H12N4O4S. The Bertz CT molecular complexity index is 956. The minimum atomic E-state index is -0.595. The molecule has 0 aliphatic heterocycles. The highest BCUT2D eigenvalue weighted by molar-refractivity contribution is 7.08. The van der Waals surface area contributed by atoms with E-state index in [1.54, 1.807) is 29.2 Å². The summed E-state index contributed by atoms with van der Waals surface area (Å²) in [4.78, 5) is 16.2. The molecule has 0 fully saturated rings. The molecule has 0 saturated carbocycles. The van der Waals surface area contributed by atoms with Crippen molar-refractivity contribution in [2.45, 2.75) is 13.2 Å². The lowest BCUT2D eigenvalue weighted by Crippen LogP contribution is -2.04. The second-order valence-electron chi connectivity index (χ2n) is 5.07. The van der Waals surface area contributed by atoms with Crippen LogP contribution in [0, 0.1) is 0 Å². The molecule has 0 spiro atoms. The van der Waals surface area contributed by atoms with Crippen molar-refractivity contribution in [3.63, 3.8) is 0 Å². The number of carbonyl (C=O) groups is 1. The zero-order chi connectivity index (χ0) is 17.1. The van der Waals surface area contributed by atoms with Gasteiger partial charge in [-0.3, -0.25) is 4.68 Å². The highest BCUT2D eigenvalue weighted by Crippen LogP contribution is 2.19. The number of hydrogen-bond donors (Lipinski definition) is 0. The molecule has 4 aromatic heterocycles. The Kier molecular flexibility index (Phi) is 4.13. The number of thiophene rings is 1. The zero-order valence-electron chi connectivity index (χ0n) is 12.9. The maximum atomic E-state index is 12.0. The van der Waals surface area contributed by atoms with E-state index in [1.807, 2.05) is 22.9 Å². The van der Waals surface area contributed by atoms with Gasteiger partial charge in [0.1, 0.15) is 5.76 Å². The van der Waals surface area contributed by atoms with Gasteiger partial charge in [-0.2, -0.15) is 21.4 Å². The van der Waals surface area contributed by atoms with Gasteiger partial charge in [0.05, 0.1) is 6.54 Å². The standard InChI is InChI=1S/C16H12N4O4S/c21-16(13-3-2-12(23-13)8-20-6-1-5-17-20)22-9-14-18-15(19-24-14)11-4-7-25-10-11/h1-7,10H,8-9H2. The Morgan fingerprint density at radius 1 is 1.32 bits per heavy atom. The summed E-state index contributed by atoms with van der Waals surface area (Å²) in [5, 5.41) is 11.8. The number of carbonyl (C=O) groups excluding carboxylic acids is 1. The molecule has 0 radical (unpaired) electrons. The number of hydrogen-bond acceptors (Lipinski definition) is 8. The van der Waals surface area contributed by atoms with E-state index in [9.17, 15) is 4.79 Å². The molecule has 4 aromatic rings. The maximum absolute atomic E-state index is 12.0. The van der Waals surface area contributed by atoms with E-state index in [-0.39, 0.29) is 18.3 Å². The summed E-state index contributed by atoms with van der Waals surface area (Å²) >= 11 is 1.54. The quantitative estimate of drug-likeness (QED) is 0.490. The predicted molar refractivity (Wildman–Crippen MR) is 86.8 cm³/mol. The molecule has 0 amide bonds. The fourth-order valence-electron chi connectivity index (χ4n) is 2.15. The highest BCUT2D eigenvalue weighted by Gasteiger charge is 2.16. The van der Waals surface area contributed by atoms with Crippen LogP contribution in [-0.2, 0) is 17.9 Å². The maximum Gasteiger partial charge on any atom is 0.374 e. The number of rotatable bonds is 6. The van der Waals surface area contributed by atoms with Gasteiger partial charge in [0, 0.05) is 23.3 Å². The fourth-order valence-corrected chi connectivity index (χ4v) is 2.78. The van der Waals surface area contributed by atoms with Gasteiger partial charge in [0.15, 0.2) is 6.61 Å². The van der Waals surface area contributed by atoms with Crippen LogP contribution in [-0.4, -0.2) is 25.9 Å².